The van der Waals surface area contributed by atoms with Crippen LogP contribution in [0.25, 0.3) is 10.9 Å². The number of nitrogens with zero attached hydrogens (tertiary/aromatic N) is 2. The highest BCUT2D eigenvalue weighted by Crippen LogP contribution is 2.26. The summed E-state index contributed by atoms with van der Waals surface area (Å²) in [6, 6.07) is 14.3. The summed E-state index contributed by atoms with van der Waals surface area (Å²) in [4.78, 5) is 34.3. The number of fused-ring (bicyclic) bond motifs is 2. The normalized spacial score (nSPS) is 13.2. The zero-order valence-corrected chi connectivity index (χ0v) is 15.8. The first-order valence-electron chi connectivity index (χ1n) is 9.04. The number of carbonyl (C=O) groups excluding carboxylic acids is 2. The number of hydrogen-bond donors (Lipinski definition) is 1. The summed E-state index contributed by atoms with van der Waals surface area (Å²) in [7, 11) is 0. The Morgan fingerprint density at radius 1 is 1.00 bits per heavy atom. The predicted octanol–water partition coefficient (Wildman–Crippen LogP) is 4.31. The molecule has 0 aliphatic carbocycles. The summed E-state index contributed by atoms with van der Waals surface area (Å²) in [5.74, 6) is -0.814. The van der Waals surface area contributed by atoms with Gasteiger partial charge in [0.2, 0.25) is 0 Å². The van der Waals surface area contributed by atoms with E-state index >= 15 is 0 Å². The molecule has 2 heterocycles. The molecule has 0 fully saturated rings. The van der Waals surface area contributed by atoms with Gasteiger partial charge >= 0.3 is 0 Å². The number of halogens is 1. The summed E-state index contributed by atoms with van der Waals surface area (Å²) in [5.41, 5.74) is 2.52. The van der Waals surface area contributed by atoms with Gasteiger partial charge in [-0.15, -0.1) is 5.06 Å². The van der Waals surface area contributed by atoms with Crippen molar-refractivity contribution >= 4 is 40.0 Å². The lowest BCUT2D eigenvalue weighted by Crippen LogP contribution is -2.30. The van der Waals surface area contributed by atoms with E-state index < -0.39 is 11.8 Å². The Labute approximate surface area is 167 Å². The number of benzene rings is 2. The number of anilines is 1. The standard InChI is InChI=1S/C21H18ClN3O3/c22-15-12-14-6-5-10-24-19(14)18(13-15)23-9-3-4-11-28-25-20(26)16-7-1-2-8-17(16)21(25)27/h1-2,5-8,10,12-13,23H,3-4,9,11H2. The maximum absolute atomic E-state index is 12.2. The molecule has 1 aromatic heterocycles. The van der Waals surface area contributed by atoms with Gasteiger partial charge in [0.05, 0.1) is 28.9 Å². The van der Waals surface area contributed by atoms with E-state index in [0.29, 0.717) is 29.1 Å². The van der Waals surface area contributed by atoms with Gasteiger partial charge < -0.3 is 5.32 Å². The molecule has 0 unspecified atom stereocenters. The van der Waals surface area contributed by atoms with Crippen LogP contribution in [0.5, 0.6) is 0 Å². The average Bonchev–Trinajstić information content (AvgIpc) is 2.95. The maximum Gasteiger partial charge on any atom is 0.285 e. The fourth-order valence-electron chi connectivity index (χ4n) is 3.18. The molecule has 3 aromatic rings. The molecule has 0 bridgehead atoms. The lowest BCUT2D eigenvalue weighted by atomic mass is 10.1. The third-order valence-corrected chi connectivity index (χ3v) is 4.75. The number of aromatic nitrogens is 1. The second-order valence-corrected chi connectivity index (χ2v) is 6.88. The number of carbonyl (C=O) groups is 2. The van der Waals surface area contributed by atoms with Crippen molar-refractivity contribution in [2.75, 3.05) is 18.5 Å². The summed E-state index contributed by atoms with van der Waals surface area (Å²) in [6.07, 6.45) is 3.23. The molecule has 0 atom stereocenters. The predicted molar refractivity (Wildman–Crippen MR) is 107 cm³/mol. The third-order valence-electron chi connectivity index (χ3n) is 4.53. The van der Waals surface area contributed by atoms with Gasteiger partial charge in [0.15, 0.2) is 0 Å². The van der Waals surface area contributed by atoms with E-state index in [2.05, 4.69) is 10.3 Å². The Morgan fingerprint density at radius 3 is 2.50 bits per heavy atom. The SMILES string of the molecule is O=C1c2ccccc2C(=O)N1OCCCCNc1cc(Cl)cc2cccnc12. The molecule has 28 heavy (non-hydrogen) atoms. The molecule has 2 aromatic carbocycles. The highest BCUT2D eigenvalue weighted by Gasteiger charge is 2.36. The quantitative estimate of drug-likeness (QED) is 0.476. The second kappa shape index (κ2) is 7.96. The van der Waals surface area contributed by atoms with E-state index in [0.717, 1.165) is 28.1 Å². The van der Waals surface area contributed by atoms with Gasteiger partial charge in [-0.3, -0.25) is 19.4 Å². The van der Waals surface area contributed by atoms with Crippen LogP contribution in [0.1, 0.15) is 33.6 Å². The number of unbranched alkanes of at least 4 members (excludes halogenated alkanes) is 1. The van der Waals surface area contributed by atoms with Gasteiger partial charge in [-0.1, -0.05) is 29.8 Å². The van der Waals surface area contributed by atoms with Crippen LogP contribution in [0.15, 0.2) is 54.7 Å². The molecule has 0 radical (unpaired) electrons. The van der Waals surface area contributed by atoms with Gasteiger partial charge in [-0.25, -0.2) is 0 Å². The van der Waals surface area contributed by atoms with E-state index in [1.165, 1.54) is 0 Å². The summed E-state index contributed by atoms with van der Waals surface area (Å²) < 4.78 is 0. The first-order valence-corrected chi connectivity index (χ1v) is 9.42. The van der Waals surface area contributed by atoms with Crippen molar-refractivity contribution in [3.8, 4) is 0 Å². The first-order chi connectivity index (χ1) is 13.6. The smallest absolute Gasteiger partial charge is 0.285 e. The van der Waals surface area contributed by atoms with Gasteiger partial charge in [0.1, 0.15) is 0 Å². The third kappa shape index (κ3) is 3.56. The second-order valence-electron chi connectivity index (χ2n) is 6.45. The van der Waals surface area contributed by atoms with Crippen LogP contribution in [-0.4, -0.2) is 35.0 Å². The Morgan fingerprint density at radius 2 is 1.75 bits per heavy atom. The monoisotopic (exact) mass is 395 g/mol. The largest absolute Gasteiger partial charge is 0.383 e. The zero-order chi connectivity index (χ0) is 19.5. The molecular weight excluding hydrogens is 378 g/mol. The van der Waals surface area contributed by atoms with Gasteiger partial charge in [-0.05, 0) is 43.2 Å². The molecule has 0 spiro atoms. The minimum absolute atomic E-state index is 0.279. The zero-order valence-electron chi connectivity index (χ0n) is 15.0. The fourth-order valence-corrected chi connectivity index (χ4v) is 3.41. The van der Waals surface area contributed by atoms with E-state index in [4.69, 9.17) is 16.4 Å². The number of hydrogen-bond acceptors (Lipinski definition) is 5. The molecular formula is C21H18ClN3O3. The van der Waals surface area contributed by atoms with Crippen molar-refractivity contribution in [3.05, 3.63) is 70.9 Å². The Balaban J connectivity index is 1.27. The minimum atomic E-state index is -0.407. The lowest BCUT2D eigenvalue weighted by Gasteiger charge is -2.13. The number of rotatable bonds is 7. The van der Waals surface area contributed by atoms with E-state index in [-0.39, 0.29) is 6.61 Å². The number of imide groups is 1. The van der Waals surface area contributed by atoms with Crippen molar-refractivity contribution in [1.29, 1.82) is 0 Å². The van der Waals surface area contributed by atoms with Crippen molar-refractivity contribution < 1.29 is 14.4 Å². The summed E-state index contributed by atoms with van der Waals surface area (Å²) in [6.45, 7) is 0.971. The number of pyridine rings is 1. The van der Waals surface area contributed by atoms with Gasteiger partial charge in [0.25, 0.3) is 11.8 Å². The lowest BCUT2D eigenvalue weighted by molar-refractivity contribution is -0.0920. The highest BCUT2D eigenvalue weighted by molar-refractivity contribution is 6.31. The van der Waals surface area contributed by atoms with Crippen LogP contribution < -0.4 is 5.32 Å². The van der Waals surface area contributed by atoms with Gasteiger partial charge in [-0.2, -0.15) is 0 Å². The highest BCUT2D eigenvalue weighted by atomic mass is 35.5. The molecule has 0 saturated carbocycles. The molecule has 7 heteroatoms. The van der Waals surface area contributed by atoms with Crippen molar-refractivity contribution in [2.45, 2.75) is 12.8 Å². The molecule has 1 aliphatic heterocycles. The van der Waals surface area contributed by atoms with Crippen LogP contribution in [0.2, 0.25) is 5.02 Å². The number of nitrogens with one attached hydrogen (secondary N) is 1. The molecule has 0 saturated heterocycles. The molecule has 4 rings (SSSR count). The van der Waals surface area contributed by atoms with Crippen LogP contribution in [-0.2, 0) is 4.84 Å². The van der Waals surface area contributed by atoms with Crippen LogP contribution in [0.4, 0.5) is 5.69 Å². The Hall–Kier alpha value is -2.96. The van der Waals surface area contributed by atoms with Crippen LogP contribution >= 0.6 is 11.6 Å². The molecule has 2 amide bonds. The number of hydroxylamine groups is 2. The summed E-state index contributed by atoms with van der Waals surface area (Å²) in [5, 5.41) is 5.82. The van der Waals surface area contributed by atoms with E-state index in [1.807, 2.05) is 24.3 Å². The molecule has 1 aliphatic rings. The molecule has 6 nitrogen and oxygen atoms in total. The van der Waals surface area contributed by atoms with Crippen LogP contribution in [0.3, 0.4) is 0 Å². The average molecular weight is 396 g/mol. The Bertz CT molecular complexity index is 1020. The molecule has 1 N–H and O–H groups in total. The molecule has 142 valence electrons. The van der Waals surface area contributed by atoms with Crippen molar-refractivity contribution in [1.82, 2.24) is 10.0 Å². The van der Waals surface area contributed by atoms with Crippen molar-refractivity contribution in [3.63, 3.8) is 0 Å². The Kier molecular flexibility index (Phi) is 5.23. The van der Waals surface area contributed by atoms with E-state index in [1.54, 1.807) is 30.5 Å². The van der Waals surface area contributed by atoms with E-state index in [9.17, 15) is 9.59 Å². The summed E-state index contributed by atoms with van der Waals surface area (Å²) >= 11 is 6.17. The van der Waals surface area contributed by atoms with Crippen molar-refractivity contribution in [2.24, 2.45) is 0 Å². The maximum atomic E-state index is 12.2. The van der Waals surface area contributed by atoms with Crippen LogP contribution in [0, 0.1) is 0 Å². The minimum Gasteiger partial charge on any atom is -0.383 e. The topological polar surface area (TPSA) is 71.5 Å². The van der Waals surface area contributed by atoms with Gasteiger partial charge in [0, 0.05) is 23.2 Å². The fraction of sp³-hybridized carbons (Fsp3) is 0.190. The number of amides is 2. The first kappa shape index (κ1) is 18.4.